The van der Waals surface area contributed by atoms with E-state index in [4.69, 9.17) is 20.9 Å². The highest BCUT2D eigenvalue weighted by Crippen LogP contribution is 2.65. The van der Waals surface area contributed by atoms with E-state index >= 15 is 0 Å². The summed E-state index contributed by atoms with van der Waals surface area (Å²) in [6.45, 7) is 5.17. The fraction of sp³-hybridized carbons (Fsp3) is 0.316. The quantitative estimate of drug-likeness (QED) is 0.653. The van der Waals surface area contributed by atoms with Crippen LogP contribution < -0.4 is 0 Å². The van der Waals surface area contributed by atoms with Crippen molar-refractivity contribution in [2.24, 2.45) is 5.41 Å². The van der Waals surface area contributed by atoms with Gasteiger partial charge in [0, 0.05) is 16.8 Å². The minimum absolute atomic E-state index is 0.0274. The Morgan fingerprint density at radius 2 is 1.44 bits per heavy atom. The van der Waals surface area contributed by atoms with Crippen molar-refractivity contribution >= 4 is 34.0 Å². The molecule has 0 N–H and O–H groups in total. The van der Waals surface area contributed by atoms with Gasteiger partial charge in [0.25, 0.3) is 5.69 Å². The second kappa shape index (κ2) is 7.73. The zero-order valence-corrected chi connectivity index (χ0v) is 16.8. The first-order valence-electron chi connectivity index (χ1n) is 8.11. The van der Waals surface area contributed by atoms with Gasteiger partial charge in [0.1, 0.15) is 0 Å². The lowest BCUT2D eigenvalue weighted by molar-refractivity contribution is -0.111. The first-order chi connectivity index (χ1) is 11.9. The molecular formula is C19H21O3PS2. The summed E-state index contributed by atoms with van der Waals surface area (Å²) >= 11 is 6.62. The molecule has 2 aromatic rings. The fourth-order valence-electron chi connectivity index (χ4n) is 2.56. The molecule has 0 atom stereocenters. The average Bonchev–Trinajstić information content (AvgIpc) is 2.60. The lowest BCUT2D eigenvalue weighted by Crippen LogP contribution is -2.29. The van der Waals surface area contributed by atoms with E-state index < -0.39 is 5.69 Å². The lowest BCUT2D eigenvalue weighted by Gasteiger charge is -2.35. The van der Waals surface area contributed by atoms with Crippen molar-refractivity contribution in [2.45, 2.75) is 19.8 Å². The van der Waals surface area contributed by atoms with Crippen LogP contribution in [0.25, 0.3) is 0 Å². The topological polar surface area (TPSA) is 35.5 Å². The normalized spacial score (nSPS) is 18.8. The molecule has 0 aromatic heterocycles. The standard InChI is InChI=1S/C19H21O3PS2/c1-19(2)13-21-23(24,22-14-19)25-18(20)17(15-9-5-3-6-10-15)16-11-7-4-8-12-16/h3-12,17H,13-14H2,1-2H3. The van der Waals surface area contributed by atoms with Crippen LogP contribution in [0.1, 0.15) is 30.9 Å². The first kappa shape index (κ1) is 18.8. The molecule has 25 heavy (non-hydrogen) atoms. The van der Waals surface area contributed by atoms with Gasteiger partial charge in [-0.05, 0) is 22.9 Å². The van der Waals surface area contributed by atoms with Crippen molar-refractivity contribution in [2.75, 3.05) is 13.2 Å². The molecule has 0 unspecified atom stereocenters. The summed E-state index contributed by atoms with van der Waals surface area (Å²) in [5.41, 5.74) is -0.811. The van der Waals surface area contributed by atoms with E-state index in [9.17, 15) is 4.79 Å². The second-order valence-corrected chi connectivity index (χ2v) is 12.9. The maximum Gasteiger partial charge on any atom is 0.254 e. The van der Waals surface area contributed by atoms with Gasteiger partial charge in [-0.2, -0.15) is 0 Å². The third kappa shape index (κ3) is 4.81. The Kier molecular flexibility index (Phi) is 5.81. The summed E-state index contributed by atoms with van der Waals surface area (Å²) in [6.07, 6.45) is 0. The molecule has 0 spiro atoms. The van der Waals surface area contributed by atoms with Crippen LogP contribution in [0.4, 0.5) is 0 Å². The van der Waals surface area contributed by atoms with Gasteiger partial charge in [-0.25, -0.2) is 0 Å². The molecule has 0 bridgehead atoms. The predicted molar refractivity (Wildman–Crippen MR) is 107 cm³/mol. The predicted octanol–water partition coefficient (Wildman–Crippen LogP) is 5.38. The molecule has 1 fully saturated rings. The van der Waals surface area contributed by atoms with Crippen LogP contribution >= 0.6 is 17.1 Å². The van der Waals surface area contributed by atoms with Crippen molar-refractivity contribution in [3.63, 3.8) is 0 Å². The molecule has 0 amide bonds. The molecule has 1 aliphatic heterocycles. The Labute approximate surface area is 158 Å². The van der Waals surface area contributed by atoms with Gasteiger partial charge in [0.05, 0.1) is 19.1 Å². The molecule has 132 valence electrons. The van der Waals surface area contributed by atoms with Gasteiger partial charge in [0.2, 0.25) is 5.12 Å². The minimum Gasteiger partial charge on any atom is -0.321 e. The number of rotatable bonds is 4. The number of carbonyl (C=O) groups is 1. The average molecular weight is 392 g/mol. The van der Waals surface area contributed by atoms with Gasteiger partial charge >= 0.3 is 0 Å². The van der Waals surface area contributed by atoms with E-state index in [0.717, 1.165) is 22.5 Å². The summed E-state index contributed by atoms with van der Waals surface area (Å²) in [4.78, 5) is 13.1. The number of hydrogen-bond acceptors (Lipinski definition) is 5. The van der Waals surface area contributed by atoms with Crippen molar-refractivity contribution in [1.82, 2.24) is 0 Å². The summed E-state index contributed by atoms with van der Waals surface area (Å²) in [7, 11) is 0. The molecule has 0 saturated carbocycles. The maximum absolute atomic E-state index is 13.1. The smallest absolute Gasteiger partial charge is 0.254 e. The van der Waals surface area contributed by atoms with Gasteiger partial charge in [-0.3, -0.25) is 4.79 Å². The molecular weight excluding hydrogens is 371 g/mol. The summed E-state index contributed by atoms with van der Waals surface area (Å²) in [5, 5.41) is -0.0274. The largest absolute Gasteiger partial charge is 0.321 e. The number of hydrogen-bond donors (Lipinski definition) is 0. The van der Waals surface area contributed by atoms with E-state index in [2.05, 4.69) is 13.8 Å². The Morgan fingerprint density at radius 3 is 1.88 bits per heavy atom. The molecule has 3 rings (SSSR count). The van der Waals surface area contributed by atoms with Crippen LogP contribution in [0.5, 0.6) is 0 Å². The van der Waals surface area contributed by atoms with E-state index in [1.54, 1.807) is 0 Å². The molecule has 3 nitrogen and oxygen atoms in total. The molecule has 1 saturated heterocycles. The van der Waals surface area contributed by atoms with Crippen LogP contribution in [-0.4, -0.2) is 18.3 Å². The van der Waals surface area contributed by atoms with E-state index in [1.165, 1.54) is 0 Å². The first-order valence-corrected chi connectivity index (χ1v) is 12.2. The van der Waals surface area contributed by atoms with Crippen LogP contribution in [0.15, 0.2) is 60.7 Å². The van der Waals surface area contributed by atoms with Crippen LogP contribution in [0.3, 0.4) is 0 Å². The maximum atomic E-state index is 13.1. The van der Waals surface area contributed by atoms with Crippen LogP contribution in [0.2, 0.25) is 0 Å². The monoisotopic (exact) mass is 392 g/mol. The Morgan fingerprint density at radius 1 is 1.00 bits per heavy atom. The molecule has 0 radical (unpaired) electrons. The van der Waals surface area contributed by atoms with Gasteiger partial charge in [-0.15, -0.1) is 0 Å². The highest BCUT2D eigenvalue weighted by Gasteiger charge is 2.37. The molecule has 2 aromatic carbocycles. The third-order valence-electron chi connectivity index (χ3n) is 3.93. The van der Waals surface area contributed by atoms with E-state index in [1.807, 2.05) is 60.7 Å². The van der Waals surface area contributed by atoms with Crippen molar-refractivity contribution < 1.29 is 13.8 Å². The lowest BCUT2D eigenvalue weighted by atomic mass is 9.92. The van der Waals surface area contributed by atoms with Gasteiger partial charge < -0.3 is 9.05 Å². The Balaban J connectivity index is 1.85. The summed E-state index contributed by atoms with van der Waals surface area (Å²) in [6, 6.07) is 19.5. The molecule has 1 heterocycles. The number of carbonyl (C=O) groups excluding carboxylic acids is 1. The number of benzene rings is 2. The van der Waals surface area contributed by atoms with Crippen molar-refractivity contribution in [1.29, 1.82) is 0 Å². The van der Waals surface area contributed by atoms with E-state index in [0.29, 0.717) is 13.2 Å². The Bertz CT molecular complexity index is 724. The molecule has 6 heteroatoms. The highest BCUT2D eigenvalue weighted by molar-refractivity contribution is 8.73. The SMILES string of the molecule is CC1(C)COP(=S)(SC(=O)C(c2ccccc2)c2ccccc2)OC1. The Hall–Kier alpha value is -0.970. The second-order valence-electron chi connectivity index (χ2n) is 6.82. The zero-order chi connectivity index (χ0) is 17.9. The van der Waals surface area contributed by atoms with Gasteiger partial charge in [0.15, 0.2) is 0 Å². The van der Waals surface area contributed by atoms with Crippen LogP contribution in [-0.2, 0) is 25.6 Å². The summed E-state index contributed by atoms with van der Waals surface area (Å²) < 4.78 is 11.6. The fourth-order valence-corrected chi connectivity index (χ4v) is 6.94. The van der Waals surface area contributed by atoms with Gasteiger partial charge in [-0.1, -0.05) is 74.5 Å². The highest BCUT2D eigenvalue weighted by atomic mass is 32.9. The van der Waals surface area contributed by atoms with Crippen molar-refractivity contribution in [3.05, 3.63) is 71.8 Å². The third-order valence-corrected chi connectivity index (χ3v) is 8.61. The zero-order valence-electron chi connectivity index (χ0n) is 14.3. The summed E-state index contributed by atoms with van der Waals surface area (Å²) in [5.74, 6) is -0.380. The minimum atomic E-state index is -2.64. The van der Waals surface area contributed by atoms with Crippen LogP contribution in [0, 0.1) is 5.41 Å². The van der Waals surface area contributed by atoms with Crippen molar-refractivity contribution in [3.8, 4) is 0 Å². The molecule has 0 aliphatic carbocycles. The van der Waals surface area contributed by atoms with E-state index in [-0.39, 0.29) is 16.4 Å². The molecule has 1 aliphatic rings.